The molecular formula is C22H22ClF3N2O2. The van der Waals surface area contributed by atoms with Crippen molar-refractivity contribution in [2.45, 2.75) is 44.4 Å². The number of fused-ring (bicyclic) bond motifs is 2. The molecule has 0 bridgehead atoms. The molecular weight excluding hydrogens is 417 g/mol. The number of alkyl halides is 3. The fraction of sp³-hybridized carbons (Fsp3) is 0.409. The van der Waals surface area contributed by atoms with Gasteiger partial charge in [0.15, 0.2) is 5.60 Å². The van der Waals surface area contributed by atoms with E-state index in [1.165, 1.54) is 6.07 Å². The van der Waals surface area contributed by atoms with Gasteiger partial charge in [-0.1, -0.05) is 25.4 Å². The molecule has 3 heterocycles. The molecule has 0 amide bonds. The second-order valence-electron chi connectivity index (χ2n) is 8.16. The van der Waals surface area contributed by atoms with E-state index in [-0.39, 0.29) is 5.69 Å². The zero-order chi connectivity index (χ0) is 21.7. The topological polar surface area (TPSA) is 58.1 Å². The lowest BCUT2D eigenvalue weighted by molar-refractivity contribution is -0.272. The van der Waals surface area contributed by atoms with E-state index < -0.39 is 30.0 Å². The SMILES string of the molecule is CC(C)C(c1cc(Cl)cc2c1OCC2)C(O)(Cc1cc2cnccc2[nH]1)C(F)(F)F. The van der Waals surface area contributed by atoms with Gasteiger partial charge in [-0.2, -0.15) is 13.2 Å². The first-order valence-electron chi connectivity index (χ1n) is 9.76. The molecule has 2 unspecified atom stereocenters. The van der Waals surface area contributed by atoms with E-state index in [4.69, 9.17) is 16.3 Å². The number of aromatic amines is 1. The van der Waals surface area contributed by atoms with Crippen LogP contribution < -0.4 is 4.74 Å². The molecule has 2 aromatic heterocycles. The Labute approximate surface area is 177 Å². The summed E-state index contributed by atoms with van der Waals surface area (Å²) in [5.41, 5.74) is -1.02. The molecule has 1 aliphatic heterocycles. The Morgan fingerprint density at radius 3 is 2.70 bits per heavy atom. The van der Waals surface area contributed by atoms with E-state index >= 15 is 0 Å². The molecule has 0 fully saturated rings. The zero-order valence-electron chi connectivity index (χ0n) is 16.6. The van der Waals surface area contributed by atoms with Crippen molar-refractivity contribution < 1.29 is 23.0 Å². The molecule has 1 aliphatic rings. The van der Waals surface area contributed by atoms with Crippen LogP contribution in [0.5, 0.6) is 5.75 Å². The highest BCUT2D eigenvalue weighted by Gasteiger charge is 2.60. The number of aliphatic hydroxyl groups is 1. The van der Waals surface area contributed by atoms with Crippen molar-refractivity contribution >= 4 is 22.5 Å². The predicted octanol–water partition coefficient (Wildman–Crippen LogP) is 5.43. The van der Waals surface area contributed by atoms with Crippen molar-refractivity contribution in [2.75, 3.05) is 6.61 Å². The average molecular weight is 439 g/mol. The molecule has 4 nitrogen and oxygen atoms in total. The van der Waals surface area contributed by atoms with Gasteiger partial charge >= 0.3 is 6.18 Å². The van der Waals surface area contributed by atoms with Gasteiger partial charge in [0.1, 0.15) is 5.75 Å². The summed E-state index contributed by atoms with van der Waals surface area (Å²) in [5, 5.41) is 12.3. The second kappa shape index (κ2) is 7.46. The number of hydrogen-bond acceptors (Lipinski definition) is 3. The molecule has 2 N–H and O–H groups in total. The third kappa shape index (κ3) is 3.54. The summed E-state index contributed by atoms with van der Waals surface area (Å²) in [6.45, 7) is 3.71. The van der Waals surface area contributed by atoms with E-state index in [0.717, 1.165) is 5.56 Å². The summed E-state index contributed by atoms with van der Waals surface area (Å²) in [7, 11) is 0. The number of aromatic nitrogens is 2. The van der Waals surface area contributed by atoms with Crippen molar-refractivity contribution in [3.05, 3.63) is 58.5 Å². The summed E-state index contributed by atoms with van der Waals surface area (Å²) in [6.07, 6.45) is -1.81. The van der Waals surface area contributed by atoms with Crippen molar-refractivity contribution in [3.8, 4) is 5.75 Å². The maximum atomic E-state index is 14.4. The molecule has 2 atom stereocenters. The van der Waals surface area contributed by atoms with E-state index in [2.05, 4.69) is 9.97 Å². The lowest BCUT2D eigenvalue weighted by atomic mass is 9.72. The molecule has 0 spiro atoms. The quantitative estimate of drug-likeness (QED) is 0.558. The van der Waals surface area contributed by atoms with Crippen LogP contribution in [0.1, 0.15) is 36.6 Å². The highest BCUT2D eigenvalue weighted by molar-refractivity contribution is 6.30. The molecule has 0 saturated carbocycles. The minimum Gasteiger partial charge on any atom is -0.493 e. The smallest absolute Gasteiger partial charge is 0.418 e. The van der Waals surface area contributed by atoms with Crippen molar-refractivity contribution in [2.24, 2.45) is 5.92 Å². The summed E-state index contributed by atoms with van der Waals surface area (Å²) in [4.78, 5) is 6.97. The fourth-order valence-electron chi connectivity index (χ4n) is 4.50. The molecule has 0 radical (unpaired) electrons. The van der Waals surface area contributed by atoms with E-state index in [0.29, 0.717) is 40.3 Å². The van der Waals surface area contributed by atoms with Gasteiger partial charge in [0.05, 0.1) is 6.61 Å². The lowest BCUT2D eigenvalue weighted by Gasteiger charge is -2.40. The predicted molar refractivity (Wildman–Crippen MR) is 109 cm³/mol. The van der Waals surface area contributed by atoms with Gasteiger partial charge in [-0.25, -0.2) is 0 Å². The highest BCUT2D eigenvalue weighted by Crippen LogP contribution is 2.51. The van der Waals surface area contributed by atoms with Crippen LogP contribution >= 0.6 is 11.6 Å². The van der Waals surface area contributed by atoms with Gasteiger partial charge in [0.2, 0.25) is 0 Å². The highest BCUT2D eigenvalue weighted by atomic mass is 35.5. The Bertz CT molecular complexity index is 1050. The van der Waals surface area contributed by atoms with Crippen LogP contribution in [0.4, 0.5) is 13.2 Å². The van der Waals surface area contributed by atoms with Gasteiger partial charge in [-0.05, 0) is 35.7 Å². The summed E-state index contributed by atoms with van der Waals surface area (Å²) >= 11 is 6.22. The molecule has 3 aromatic rings. The van der Waals surface area contributed by atoms with Crippen molar-refractivity contribution in [1.29, 1.82) is 0 Å². The fourth-order valence-corrected chi connectivity index (χ4v) is 4.75. The largest absolute Gasteiger partial charge is 0.493 e. The van der Waals surface area contributed by atoms with Crippen molar-refractivity contribution in [3.63, 3.8) is 0 Å². The maximum Gasteiger partial charge on any atom is 0.418 e. The maximum absolute atomic E-state index is 14.4. The Kier molecular flexibility index (Phi) is 5.22. The second-order valence-corrected chi connectivity index (χ2v) is 8.60. The molecule has 30 heavy (non-hydrogen) atoms. The number of hydrogen-bond donors (Lipinski definition) is 2. The third-order valence-electron chi connectivity index (χ3n) is 5.72. The van der Waals surface area contributed by atoms with Gasteiger partial charge < -0.3 is 14.8 Å². The van der Waals surface area contributed by atoms with Crippen LogP contribution in [0.3, 0.4) is 0 Å². The van der Waals surface area contributed by atoms with Gasteiger partial charge in [0, 0.05) is 58.3 Å². The number of pyridine rings is 1. The minimum absolute atomic E-state index is 0.281. The van der Waals surface area contributed by atoms with Gasteiger partial charge in [0.25, 0.3) is 0 Å². The first kappa shape index (κ1) is 21.0. The third-order valence-corrected chi connectivity index (χ3v) is 5.94. The monoisotopic (exact) mass is 438 g/mol. The number of nitrogens with zero attached hydrogens (tertiary/aromatic N) is 1. The molecule has 0 saturated heterocycles. The normalized spacial score (nSPS) is 17.1. The standard InChI is InChI=1S/C22H22ClF3N2O2/c1-12(2)19(17-9-15(23)7-13-4-6-30-20(13)17)21(29,22(24,25)26)10-16-8-14-11-27-5-3-18(14)28-16/h3,5,7-9,11-12,19,28-29H,4,6,10H2,1-2H3. The molecule has 4 rings (SSSR count). The number of ether oxygens (including phenoxy) is 1. The number of benzene rings is 1. The average Bonchev–Trinajstić information content (AvgIpc) is 3.26. The molecule has 8 heteroatoms. The van der Waals surface area contributed by atoms with Crippen LogP contribution in [0.25, 0.3) is 10.9 Å². The van der Waals surface area contributed by atoms with Gasteiger partial charge in [-0.3, -0.25) is 4.98 Å². The number of halogens is 4. The van der Waals surface area contributed by atoms with Crippen LogP contribution in [-0.2, 0) is 12.8 Å². The first-order chi connectivity index (χ1) is 14.1. The Morgan fingerprint density at radius 1 is 1.27 bits per heavy atom. The Hall–Kier alpha value is -2.25. The van der Waals surface area contributed by atoms with Crippen LogP contribution in [0.15, 0.2) is 36.7 Å². The minimum atomic E-state index is -4.88. The lowest BCUT2D eigenvalue weighted by Crippen LogP contribution is -2.53. The summed E-state index contributed by atoms with van der Waals surface area (Å²) in [5.74, 6) is -1.40. The number of H-pyrrole nitrogens is 1. The van der Waals surface area contributed by atoms with Crippen LogP contribution in [0, 0.1) is 5.92 Å². The van der Waals surface area contributed by atoms with Crippen LogP contribution in [0.2, 0.25) is 5.02 Å². The summed E-state index contributed by atoms with van der Waals surface area (Å²) in [6, 6.07) is 6.47. The molecule has 1 aromatic carbocycles. The van der Waals surface area contributed by atoms with Crippen LogP contribution in [-0.4, -0.2) is 33.5 Å². The summed E-state index contributed by atoms with van der Waals surface area (Å²) < 4.78 is 49.0. The number of rotatable bonds is 5. The first-order valence-corrected chi connectivity index (χ1v) is 10.1. The molecule has 160 valence electrons. The zero-order valence-corrected chi connectivity index (χ0v) is 17.3. The van der Waals surface area contributed by atoms with E-state index in [1.807, 2.05) is 0 Å². The molecule has 0 aliphatic carbocycles. The Morgan fingerprint density at radius 2 is 2.03 bits per heavy atom. The van der Waals surface area contributed by atoms with Crippen molar-refractivity contribution in [1.82, 2.24) is 9.97 Å². The number of nitrogens with one attached hydrogen (secondary N) is 1. The van der Waals surface area contributed by atoms with E-state index in [1.54, 1.807) is 44.4 Å². The van der Waals surface area contributed by atoms with E-state index in [9.17, 15) is 18.3 Å². The van der Waals surface area contributed by atoms with Gasteiger partial charge in [-0.15, -0.1) is 0 Å². The Balaban J connectivity index is 1.85.